The lowest BCUT2D eigenvalue weighted by Crippen LogP contribution is -2.16. The van der Waals surface area contributed by atoms with Gasteiger partial charge in [-0.2, -0.15) is 0 Å². The number of aryl methyl sites for hydroxylation is 2. The minimum absolute atomic E-state index is 0.0678. The molecule has 0 aliphatic heterocycles. The normalized spacial score (nSPS) is 11.9. The van der Waals surface area contributed by atoms with Crippen LogP contribution in [-0.4, -0.2) is 26.4 Å². The van der Waals surface area contributed by atoms with Crippen molar-refractivity contribution in [3.8, 4) is 5.75 Å². The first-order valence-electron chi connectivity index (χ1n) is 10.2. The first kappa shape index (κ1) is 21.9. The van der Waals surface area contributed by atoms with E-state index in [1.807, 2.05) is 61.7 Å². The lowest BCUT2D eigenvalue weighted by Gasteiger charge is -2.16. The zero-order valence-corrected chi connectivity index (χ0v) is 18.7. The van der Waals surface area contributed by atoms with Gasteiger partial charge in [-0.25, -0.2) is 0 Å². The van der Waals surface area contributed by atoms with Crippen LogP contribution in [0.1, 0.15) is 43.8 Å². The highest BCUT2D eigenvalue weighted by molar-refractivity contribution is 7.99. The summed E-state index contributed by atoms with van der Waals surface area (Å²) in [5.74, 6) is 1.75. The Bertz CT molecular complexity index is 985. The van der Waals surface area contributed by atoms with Crippen molar-refractivity contribution in [2.45, 2.75) is 51.9 Å². The van der Waals surface area contributed by atoms with Gasteiger partial charge in [-0.1, -0.05) is 49.0 Å². The number of rotatable bonds is 9. The number of amides is 1. The van der Waals surface area contributed by atoms with Crippen LogP contribution in [-0.2, 0) is 17.8 Å². The minimum Gasteiger partial charge on any atom is -0.483 e. The lowest BCUT2D eigenvalue weighted by atomic mass is 10.2. The van der Waals surface area contributed by atoms with Gasteiger partial charge in [0.1, 0.15) is 5.75 Å². The number of aromatic nitrogens is 3. The van der Waals surface area contributed by atoms with Crippen LogP contribution in [0.3, 0.4) is 0 Å². The maximum Gasteiger partial charge on any atom is 0.234 e. The number of para-hydroxylation sites is 1. The topological polar surface area (TPSA) is 69.0 Å². The number of ether oxygens (including phenoxy) is 1. The molecule has 0 bridgehead atoms. The number of hydrogen-bond donors (Lipinski definition) is 1. The van der Waals surface area contributed by atoms with Crippen molar-refractivity contribution in [1.82, 2.24) is 14.8 Å². The summed E-state index contributed by atoms with van der Waals surface area (Å²) in [4.78, 5) is 12.4. The lowest BCUT2D eigenvalue weighted by molar-refractivity contribution is -0.113. The summed E-state index contributed by atoms with van der Waals surface area (Å²) in [5.41, 5.74) is 3.14. The molecule has 1 amide bonds. The van der Waals surface area contributed by atoms with Gasteiger partial charge in [-0.05, 0) is 56.5 Å². The Morgan fingerprint density at radius 3 is 2.53 bits per heavy atom. The highest BCUT2D eigenvalue weighted by Crippen LogP contribution is 2.25. The standard InChI is InChI=1S/C23H28N4O2S/c1-5-18-11-13-19(14-12-18)29-17(4)22-25-26-23(27(22)6-2)30-15-21(28)24-20-10-8-7-9-16(20)3/h7-14,17H,5-6,15H2,1-4H3,(H,24,28). The van der Waals surface area contributed by atoms with Gasteiger partial charge in [0.25, 0.3) is 0 Å². The fourth-order valence-electron chi connectivity index (χ4n) is 3.09. The minimum atomic E-state index is -0.250. The second kappa shape index (κ2) is 10.3. The van der Waals surface area contributed by atoms with E-state index in [4.69, 9.17) is 4.74 Å². The highest BCUT2D eigenvalue weighted by Gasteiger charge is 2.19. The Kier molecular flexibility index (Phi) is 7.52. The van der Waals surface area contributed by atoms with Crippen molar-refractivity contribution in [1.29, 1.82) is 0 Å². The Hall–Kier alpha value is -2.80. The highest BCUT2D eigenvalue weighted by atomic mass is 32.2. The molecule has 1 N–H and O–H groups in total. The third-order valence-electron chi connectivity index (χ3n) is 4.82. The number of anilines is 1. The zero-order valence-electron chi connectivity index (χ0n) is 17.9. The van der Waals surface area contributed by atoms with E-state index in [9.17, 15) is 4.79 Å². The van der Waals surface area contributed by atoms with Crippen molar-refractivity contribution in [3.05, 3.63) is 65.5 Å². The third kappa shape index (κ3) is 5.42. The number of nitrogens with zero attached hydrogens (tertiary/aromatic N) is 3. The van der Waals surface area contributed by atoms with Crippen LogP contribution in [0.2, 0.25) is 0 Å². The van der Waals surface area contributed by atoms with Crippen LogP contribution in [0.25, 0.3) is 0 Å². The van der Waals surface area contributed by atoms with Crippen molar-refractivity contribution < 1.29 is 9.53 Å². The van der Waals surface area contributed by atoms with Crippen LogP contribution in [0, 0.1) is 6.92 Å². The molecule has 3 aromatic rings. The van der Waals surface area contributed by atoms with Crippen molar-refractivity contribution in [3.63, 3.8) is 0 Å². The van der Waals surface area contributed by atoms with Gasteiger partial charge in [0.15, 0.2) is 17.1 Å². The molecule has 0 aliphatic carbocycles. The average molecular weight is 425 g/mol. The van der Waals surface area contributed by atoms with E-state index in [-0.39, 0.29) is 17.8 Å². The first-order chi connectivity index (χ1) is 14.5. The van der Waals surface area contributed by atoms with E-state index in [2.05, 4.69) is 34.6 Å². The predicted molar refractivity (Wildman–Crippen MR) is 121 cm³/mol. The Balaban J connectivity index is 1.62. The maximum absolute atomic E-state index is 12.4. The second-order valence-electron chi connectivity index (χ2n) is 6.99. The molecule has 158 valence electrons. The van der Waals surface area contributed by atoms with E-state index in [0.29, 0.717) is 11.7 Å². The van der Waals surface area contributed by atoms with E-state index in [1.54, 1.807) is 0 Å². The van der Waals surface area contributed by atoms with E-state index in [1.165, 1.54) is 17.3 Å². The summed E-state index contributed by atoms with van der Waals surface area (Å²) >= 11 is 1.38. The first-order valence-corrected chi connectivity index (χ1v) is 11.2. The molecule has 1 aromatic heterocycles. The van der Waals surface area contributed by atoms with Crippen molar-refractivity contribution >= 4 is 23.4 Å². The molecule has 7 heteroatoms. The molecule has 0 aliphatic rings. The monoisotopic (exact) mass is 424 g/mol. The number of nitrogens with one attached hydrogen (secondary N) is 1. The SMILES string of the molecule is CCc1ccc(OC(C)c2nnc(SCC(=O)Nc3ccccc3C)n2CC)cc1. The van der Waals surface area contributed by atoms with Gasteiger partial charge >= 0.3 is 0 Å². The molecule has 2 aromatic carbocycles. The summed E-state index contributed by atoms with van der Waals surface area (Å²) in [6, 6.07) is 15.8. The Morgan fingerprint density at radius 1 is 1.13 bits per heavy atom. The average Bonchev–Trinajstić information content (AvgIpc) is 3.17. The smallest absolute Gasteiger partial charge is 0.234 e. The van der Waals surface area contributed by atoms with Gasteiger partial charge < -0.3 is 14.6 Å². The van der Waals surface area contributed by atoms with E-state index >= 15 is 0 Å². The van der Waals surface area contributed by atoms with Gasteiger partial charge in [0.2, 0.25) is 5.91 Å². The number of thioether (sulfide) groups is 1. The molecule has 0 fully saturated rings. The predicted octanol–water partition coefficient (Wildman–Crippen LogP) is 5.04. The molecule has 0 saturated carbocycles. The second-order valence-corrected chi connectivity index (χ2v) is 7.94. The summed E-state index contributed by atoms with van der Waals surface area (Å²) in [6.45, 7) is 8.80. The fraction of sp³-hybridized carbons (Fsp3) is 0.348. The van der Waals surface area contributed by atoms with Crippen LogP contribution >= 0.6 is 11.8 Å². The Morgan fingerprint density at radius 2 is 1.87 bits per heavy atom. The molecule has 0 spiro atoms. The van der Waals surface area contributed by atoms with Gasteiger partial charge in [0.05, 0.1) is 5.75 Å². The molecule has 1 atom stereocenters. The fourth-order valence-corrected chi connectivity index (χ4v) is 3.90. The largest absolute Gasteiger partial charge is 0.483 e. The van der Waals surface area contributed by atoms with Crippen LogP contribution in [0.15, 0.2) is 53.7 Å². The quantitative estimate of drug-likeness (QED) is 0.487. The van der Waals surface area contributed by atoms with E-state index < -0.39 is 0 Å². The molecule has 6 nitrogen and oxygen atoms in total. The molecular weight excluding hydrogens is 396 g/mol. The summed E-state index contributed by atoms with van der Waals surface area (Å²) in [7, 11) is 0. The summed E-state index contributed by atoms with van der Waals surface area (Å²) < 4.78 is 8.06. The molecule has 1 unspecified atom stereocenters. The summed E-state index contributed by atoms with van der Waals surface area (Å²) in [5, 5.41) is 12.3. The van der Waals surface area contributed by atoms with Crippen LogP contribution < -0.4 is 10.1 Å². The molecule has 1 heterocycles. The molecular formula is C23H28N4O2S. The summed E-state index contributed by atoms with van der Waals surface area (Å²) in [6.07, 6.45) is 0.748. The van der Waals surface area contributed by atoms with E-state index in [0.717, 1.165) is 29.2 Å². The number of carbonyl (C=O) groups is 1. The molecule has 0 radical (unpaired) electrons. The molecule has 30 heavy (non-hydrogen) atoms. The van der Waals surface area contributed by atoms with Crippen LogP contribution in [0.5, 0.6) is 5.75 Å². The number of benzene rings is 2. The van der Waals surface area contributed by atoms with Gasteiger partial charge in [0, 0.05) is 12.2 Å². The van der Waals surface area contributed by atoms with Gasteiger partial charge in [-0.3, -0.25) is 4.79 Å². The van der Waals surface area contributed by atoms with Crippen LogP contribution in [0.4, 0.5) is 5.69 Å². The third-order valence-corrected chi connectivity index (χ3v) is 5.79. The molecule has 0 saturated heterocycles. The molecule has 3 rings (SSSR count). The van der Waals surface area contributed by atoms with Gasteiger partial charge in [-0.15, -0.1) is 10.2 Å². The van der Waals surface area contributed by atoms with Crippen molar-refractivity contribution in [2.75, 3.05) is 11.1 Å². The zero-order chi connectivity index (χ0) is 21.5. The van der Waals surface area contributed by atoms with Crippen molar-refractivity contribution in [2.24, 2.45) is 0 Å². The Labute approximate surface area is 182 Å². The maximum atomic E-state index is 12.4. The number of hydrogen-bond acceptors (Lipinski definition) is 5. The number of carbonyl (C=O) groups excluding carboxylic acids is 1.